The Labute approximate surface area is 121 Å². The lowest BCUT2D eigenvalue weighted by Gasteiger charge is -2.20. The van der Waals surface area contributed by atoms with Crippen molar-refractivity contribution in [3.8, 4) is 5.75 Å². The van der Waals surface area contributed by atoms with E-state index in [0.717, 1.165) is 17.1 Å². The summed E-state index contributed by atoms with van der Waals surface area (Å²) in [6, 6.07) is 11.8. The monoisotopic (exact) mass is 284 g/mol. The largest absolute Gasteiger partial charge is 0.543 e. The van der Waals surface area contributed by atoms with Gasteiger partial charge in [0.1, 0.15) is 11.4 Å². The highest BCUT2D eigenvalue weighted by atomic mass is 28.4. The van der Waals surface area contributed by atoms with Gasteiger partial charge in [-0.25, -0.2) is 0 Å². The fourth-order valence-corrected chi connectivity index (χ4v) is 2.55. The molecule has 0 spiro atoms. The summed E-state index contributed by atoms with van der Waals surface area (Å²) in [6.45, 7) is 8.56. The van der Waals surface area contributed by atoms with Crippen LogP contribution in [0.15, 0.2) is 47.6 Å². The second-order valence-electron chi connectivity index (χ2n) is 5.70. The van der Waals surface area contributed by atoms with Crippen molar-refractivity contribution in [2.24, 2.45) is 4.99 Å². The average Bonchev–Trinajstić information content (AvgIpc) is 2.37. The predicted molar refractivity (Wildman–Crippen MR) is 86.6 cm³/mol. The van der Waals surface area contributed by atoms with E-state index in [1.165, 1.54) is 5.56 Å². The summed E-state index contributed by atoms with van der Waals surface area (Å²) in [5.41, 5.74) is 2.87. The maximum atomic E-state index is 6.11. The lowest BCUT2D eigenvalue weighted by molar-refractivity contribution is 0.558. The van der Waals surface area contributed by atoms with E-state index in [1.807, 2.05) is 36.4 Å². The first kappa shape index (κ1) is 14.5. The van der Waals surface area contributed by atoms with Crippen LogP contribution in [0, 0.1) is 6.92 Å². The third-order valence-corrected chi connectivity index (χ3v) is 3.39. The molecule has 0 amide bonds. The van der Waals surface area contributed by atoms with Crippen LogP contribution in [-0.4, -0.2) is 19.5 Å². The Morgan fingerprint density at radius 3 is 2.60 bits per heavy atom. The van der Waals surface area contributed by atoms with Crippen molar-refractivity contribution in [1.82, 2.24) is 4.98 Å². The van der Waals surface area contributed by atoms with Crippen molar-refractivity contribution in [2.45, 2.75) is 26.6 Å². The molecular weight excluding hydrogens is 264 g/mol. The second kappa shape index (κ2) is 6.01. The Balaban J connectivity index is 2.29. The van der Waals surface area contributed by atoms with Gasteiger partial charge in [0.2, 0.25) is 8.32 Å². The van der Waals surface area contributed by atoms with Gasteiger partial charge in [-0.2, -0.15) is 0 Å². The number of pyridine rings is 1. The number of hydrogen-bond acceptors (Lipinski definition) is 3. The summed E-state index contributed by atoms with van der Waals surface area (Å²) in [5.74, 6) is 0.858. The van der Waals surface area contributed by atoms with Crippen molar-refractivity contribution in [3.63, 3.8) is 0 Å². The smallest absolute Gasteiger partial charge is 0.242 e. The zero-order valence-electron chi connectivity index (χ0n) is 12.4. The van der Waals surface area contributed by atoms with Gasteiger partial charge in [0.05, 0.1) is 11.9 Å². The first-order chi connectivity index (χ1) is 9.44. The van der Waals surface area contributed by atoms with E-state index in [2.05, 4.69) is 36.5 Å². The molecule has 1 aromatic heterocycles. The summed E-state index contributed by atoms with van der Waals surface area (Å²) in [5, 5.41) is 0. The number of hydrogen-bond donors (Lipinski definition) is 0. The molecule has 0 radical (unpaired) electrons. The third-order valence-electron chi connectivity index (χ3n) is 2.56. The van der Waals surface area contributed by atoms with E-state index in [9.17, 15) is 0 Å². The zero-order valence-corrected chi connectivity index (χ0v) is 13.4. The summed E-state index contributed by atoms with van der Waals surface area (Å²) < 4.78 is 6.11. The molecule has 0 N–H and O–H groups in total. The SMILES string of the molecule is Cc1ccc(N=Cc2ccccn2)c(O[Si](C)(C)C)c1. The minimum Gasteiger partial charge on any atom is -0.543 e. The molecule has 0 bridgehead atoms. The van der Waals surface area contributed by atoms with Gasteiger partial charge in [-0.05, 0) is 56.4 Å². The molecule has 1 aromatic carbocycles. The summed E-state index contributed by atoms with van der Waals surface area (Å²) in [4.78, 5) is 8.75. The second-order valence-corrected chi connectivity index (χ2v) is 10.1. The minimum atomic E-state index is -1.65. The molecule has 2 aromatic rings. The molecule has 0 unspecified atom stereocenters. The van der Waals surface area contributed by atoms with Gasteiger partial charge >= 0.3 is 0 Å². The van der Waals surface area contributed by atoms with Crippen LogP contribution >= 0.6 is 0 Å². The molecule has 0 fully saturated rings. The molecule has 0 saturated carbocycles. The number of benzene rings is 1. The minimum absolute atomic E-state index is 0.840. The van der Waals surface area contributed by atoms with Gasteiger partial charge in [-0.3, -0.25) is 9.98 Å². The van der Waals surface area contributed by atoms with Crippen molar-refractivity contribution >= 4 is 20.2 Å². The van der Waals surface area contributed by atoms with Gasteiger partial charge in [-0.15, -0.1) is 0 Å². The maximum absolute atomic E-state index is 6.11. The lowest BCUT2D eigenvalue weighted by atomic mass is 10.2. The zero-order chi connectivity index (χ0) is 14.6. The van der Waals surface area contributed by atoms with E-state index in [1.54, 1.807) is 12.4 Å². The van der Waals surface area contributed by atoms with E-state index in [0.29, 0.717) is 0 Å². The van der Waals surface area contributed by atoms with E-state index < -0.39 is 8.32 Å². The van der Waals surface area contributed by atoms with E-state index in [-0.39, 0.29) is 0 Å². The molecule has 2 rings (SSSR count). The normalized spacial score (nSPS) is 11.8. The van der Waals surface area contributed by atoms with Gasteiger partial charge in [-0.1, -0.05) is 12.1 Å². The van der Waals surface area contributed by atoms with Crippen molar-refractivity contribution in [2.75, 3.05) is 0 Å². The standard InChI is InChI=1S/C16H20N2OSi/c1-13-8-9-15(16(11-13)19-20(2,3)4)18-12-14-7-5-6-10-17-14/h5-12H,1-4H3. The van der Waals surface area contributed by atoms with Crippen LogP contribution < -0.4 is 4.43 Å². The van der Waals surface area contributed by atoms with Crippen LogP contribution in [0.2, 0.25) is 19.6 Å². The van der Waals surface area contributed by atoms with Gasteiger partial charge < -0.3 is 4.43 Å². The topological polar surface area (TPSA) is 34.5 Å². The molecule has 0 aliphatic rings. The van der Waals surface area contributed by atoms with Crippen LogP contribution in [0.1, 0.15) is 11.3 Å². The third kappa shape index (κ3) is 4.31. The lowest BCUT2D eigenvalue weighted by Crippen LogP contribution is -2.29. The average molecular weight is 284 g/mol. The van der Waals surface area contributed by atoms with Crippen LogP contribution in [0.25, 0.3) is 0 Å². The quantitative estimate of drug-likeness (QED) is 0.618. The van der Waals surface area contributed by atoms with Crippen LogP contribution in [0.4, 0.5) is 5.69 Å². The highest BCUT2D eigenvalue weighted by Gasteiger charge is 2.18. The first-order valence-corrected chi connectivity index (χ1v) is 10.1. The van der Waals surface area contributed by atoms with Crippen molar-refractivity contribution in [1.29, 1.82) is 0 Å². The van der Waals surface area contributed by atoms with Gasteiger partial charge in [0.15, 0.2) is 0 Å². The highest BCUT2D eigenvalue weighted by molar-refractivity contribution is 6.70. The first-order valence-electron chi connectivity index (χ1n) is 6.69. The highest BCUT2D eigenvalue weighted by Crippen LogP contribution is 2.30. The summed E-state index contributed by atoms with van der Waals surface area (Å²) in [6.07, 6.45) is 3.53. The Hall–Kier alpha value is -1.94. The molecular formula is C16H20N2OSi. The number of nitrogens with zero attached hydrogens (tertiary/aromatic N) is 2. The molecule has 20 heavy (non-hydrogen) atoms. The Kier molecular flexibility index (Phi) is 4.34. The molecule has 3 nitrogen and oxygen atoms in total. The fraction of sp³-hybridized carbons (Fsp3) is 0.250. The molecule has 0 atom stereocenters. The van der Waals surface area contributed by atoms with Crippen LogP contribution in [0.5, 0.6) is 5.75 Å². The Bertz CT molecular complexity index is 604. The summed E-state index contributed by atoms with van der Waals surface area (Å²) >= 11 is 0. The molecule has 0 aliphatic heterocycles. The fourth-order valence-electron chi connectivity index (χ4n) is 1.73. The molecule has 4 heteroatoms. The Morgan fingerprint density at radius 2 is 1.95 bits per heavy atom. The van der Waals surface area contributed by atoms with Crippen LogP contribution in [0.3, 0.4) is 0 Å². The molecule has 1 heterocycles. The Morgan fingerprint density at radius 1 is 1.15 bits per heavy atom. The van der Waals surface area contributed by atoms with Gasteiger partial charge in [0.25, 0.3) is 0 Å². The van der Waals surface area contributed by atoms with E-state index in [4.69, 9.17) is 4.43 Å². The predicted octanol–water partition coefficient (Wildman–Crippen LogP) is 4.35. The number of rotatable bonds is 4. The van der Waals surface area contributed by atoms with Crippen molar-refractivity contribution < 1.29 is 4.43 Å². The van der Waals surface area contributed by atoms with E-state index >= 15 is 0 Å². The molecule has 104 valence electrons. The number of aryl methyl sites for hydroxylation is 1. The van der Waals surface area contributed by atoms with Crippen molar-refractivity contribution in [3.05, 3.63) is 53.9 Å². The summed E-state index contributed by atoms with van der Waals surface area (Å²) in [7, 11) is -1.65. The molecule has 0 aliphatic carbocycles. The molecule has 0 saturated heterocycles. The number of aliphatic imine (C=N–C) groups is 1. The maximum Gasteiger partial charge on any atom is 0.242 e. The number of aromatic nitrogens is 1. The van der Waals surface area contributed by atoms with Crippen LogP contribution in [-0.2, 0) is 0 Å². The van der Waals surface area contributed by atoms with Gasteiger partial charge in [0, 0.05) is 6.20 Å².